The van der Waals surface area contributed by atoms with Gasteiger partial charge in [-0.3, -0.25) is 9.59 Å². The quantitative estimate of drug-likeness (QED) is 0.823. The Morgan fingerprint density at radius 3 is 2.45 bits per heavy atom. The number of nitrogens with zero attached hydrogens (tertiary/aromatic N) is 1. The molecule has 0 spiro atoms. The van der Waals surface area contributed by atoms with Crippen molar-refractivity contribution in [1.29, 1.82) is 0 Å². The van der Waals surface area contributed by atoms with Crippen LogP contribution >= 0.6 is 0 Å². The number of rotatable bonds is 4. The molecule has 2 atom stereocenters. The van der Waals surface area contributed by atoms with Crippen LogP contribution in [0.25, 0.3) is 0 Å². The standard InChI is InChI=1S/C12H19F3N2O3/c1-11(16,12(13,14)15)10(20)17-7-3-2-4-8(17)5-6-9(18)19/h8H,2-7,16H2,1H3,(H,18,19). The maximum atomic E-state index is 12.8. The van der Waals surface area contributed by atoms with E-state index >= 15 is 0 Å². The third-order valence-corrected chi connectivity index (χ3v) is 3.61. The fraction of sp³-hybridized carbons (Fsp3) is 0.833. The molecule has 1 rings (SSSR count). The van der Waals surface area contributed by atoms with E-state index in [9.17, 15) is 22.8 Å². The summed E-state index contributed by atoms with van der Waals surface area (Å²) in [5.74, 6) is -2.21. The van der Waals surface area contributed by atoms with E-state index in [-0.39, 0.29) is 19.4 Å². The number of aliphatic carboxylic acids is 1. The van der Waals surface area contributed by atoms with Gasteiger partial charge in [-0.1, -0.05) is 0 Å². The summed E-state index contributed by atoms with van der Waals surface area (Å²) < 4.78 is 38.4. The molecule has 0 bridgehead atoms. The first-order valence-electron chi connectivity index (χ1n) is 6.46. The highest BCUT2D eigenvalue weighted by Crippen LogP contribution is 2.32. The van der Waals surface area contributed by atoms with Crippen LogP contribution in [0.3, 0.4) is 0 Å². The summed E-state index contributed by atoms with van der Waals surface area (Å²) in [5, 5.41) is 8.65. The molecule has 20 heavy (non-hydrogen) atoms. The van der Waals surface area contributed by atoms with Gasteiger partial charge in [-0.2, -0.15) is 13.2 Å². The minimum atomic E-state index is -4.83. The Hall–Kier alpha value is -1.31. The minimum absolute atomic E-state index is 0.148. The molecule has 1 heterocycles. The second-order valence-corrected chi connectivity index (χ2v) is 5.28. The number of carboxylic acid groups (broad SMARTS) is 1. The van der Waals surface area contributed by atoms with Crippen molar-refractivity contribution >= 4 is 11.9 Å². The zero-order chi connectivity index (χ0) is 15.6. The smallest absolute Gasteiger partial charge is 0.415 e. The van der Waals surface area contributed by atoms with Crippen molar-refractivity contribution in [2.24, 2.45) is 5.73 Å². The van der Waals surface area contributed by atoms with E-state index in [0.717, 1.165) is 11.3 Å². The van der Waals surface area contributed by atoms with E-state index in [1.807, 2.05) is 0 Å². The molecule has 1 aliphatic heterocycles. The summed E-state index contributed by atoms with van der Waals surface area (Å²) in [4.78, 5) is 23.7. The number of amides is 1. The Morgan fingerprint density at radius 1 is 1.35 bits per heavy atom. The third-order valence-electron chi connectivity index (χ3n) is 3.61. The summed E-state index contributed by atoms with van der Waals surface area (Å²) >= 11 is 0. The number of nitrogens with two attached hydrogens (primary N) is 1. The highest BCUT2D eigenvalue weighted by molar-refractivity contribution is 5.87. The normalized spacial score (nSPS) is 23.2. The first-order valence-corrected chi connectivity index (χ1v) is 6.46. The zero-order valence-electron chi connectivity index (χ0n) is 11.2. The molecule has 3 N–H and O–H groups in total. The highest BCUT2D eigenvalue weighted by Gasteiger charge is 2.56. The van der Waals surface area contributed by atoms with Crippen molar-refractivity contribution in [1.82, 2.24) is 4.90 Å². The average molecular weight is 296 g/mol. The van der Waals surface area contributed by atoms with Gasteiger partial charge in [0.2, 0.25) is 0 Å². The van der Waals surface area contributed by atoms with E-state index in [1.54, 1.807) is 0 Å². The van der Waals surface area contributed by atoms with Crippen LogP contribution < -0.4 is 5.73 Å². The Balaban J connectivity index is 2.84. The Morgan fingerprint density at radius 2 is 1.95 bits per heavy atom. The Labute approximate surface area is 114 Å². The van der Waals surface area contributed by atoms with Crippen molar-refractivity contribution < 1.29 is 27.9 Å². The SMILES string of the molecule is CC(N)(C(=O)N1CCCCC1CCC(=O)O)C(F)(F)F. The minimum Gasteiger partial charge on any atom is -0.481 e. The molecule has 1 aliphatic rings. The van der Waals surface area contributed by atoms with Crippen LogP contribution in [0.15, 0.2) is 0 Å². The molecule has 0 aromatic heterocycles. The topological polar surface area (TPSA) is 83.6 Å². The Kier molecular flexibility index (Phi) is 5.01. The van der Waals surface area contributed by atoms with E-state index in [1.165, 1.54) is 0 Å². The maximum absolute atomic E-state index is 12.8. The molecule has 0 aliphatic carbocycles. The number of hydrogen-bond acceptors (Lipinski definition) is 3. The van der Waals surface area contributed by atoms with Crippen molar-refractivity contribution in [2.75, 3.05) is 6.54 Å². The van der Waals surface area contributed by atoms with Crippen molar-refractivity contribution in [3.8, 4) is 0 Å². The molecule has 0 radical (unpaired) electrons. The van der Waals surface area contributed by atoms with Crippen molar-refractivity contribution in [2.45, 2.75) is 56.8 Å². The molecule has 0 aromatic rings. The van der Waals surface area contributed by atoms with Gasteiger partial charge in [0.15, 0.2) is 5.54 Å². The van der Waals surface area contributed by atoms with Gasteiger partial charge in [-0.15, -0.1) is 0 Å². The van der Waals surface area contributed by atoms with Crippen LogP contribution in [-0.2, 0) is 9.59 Å². The van der Waals surface area contributed by atoms with E-state index in [4.69, 9.17) is 10.8 Å². The molecular formula is C12H19F3N2O3. The number of likely N-dealkylation sites (tertiary alicyclic amines) is 1. The summed E-state index contributed by atoms with van der Waals surface area (Å²) in [7, 11) is 0. The van der Waals surface area contributed by atoms with Crippen LogP contribution in [-0.4, -0.2) is 46.2 Å². The molecule has 8 heteroatoms. The van der Waals surface area contributed by atoms with E-state index in [2.05, 4.69) is 0 Å². The monoisotopic (exact) mass is 296 g/mol. The summed E-state index contributed by atoms with van der Waals surface area (Å²) in [6.45, 7) is 0.837. The van der Waals surface area contributed by atoms with Crippen molar-refractivity contribution in [3.63, 3.8) is 0 Å². The van der Waals surface area contributed by atoms with Gasteiger partial charge in [0, 0.05) is 19.0 Å². The van der Waals surface area contributed by atoms with Gasteiger partial charge in [0.05, 0.1) is 0 Å². The molecule has 1 saturated heterocycles. The van der Waals surface area contributed by atoms with Gasteiger partial charge >= 0.3 is 12.1 Å². The molecule has 5 nitrogen and oxygen atoms in total. The molecule has 0 saturated carbocycles. The lowest BCUT2D eigenvalue weighted by Gasteiger charge is -2.40. The van der Waals surface area contributed by atoms with Crippen LogP contribution in [0.1, 0.15) is 39.0 Å². The molecule has 1 amide bonds. The molecule has 1 fully saturated rings. The van der Waals surface area contributed by atoms with E-state index in [0.29, 0.717) is 19.8 Å². The average Bonchev–Trinajstić information content (AvgIpc) is 2.34. The van der Waals surface area contributed by atoms with Crippen molar-refractivity contribution in [3.05, 3.63) is 0 Å². The molecule has 2 unspecified atom stereocenters. The zero-order valence-corrected chi connectivity index (χ0v) is 11.2. The molecule has 116 valence electrons. The predicted molar refractivity (Wildman–Crippen MR) is 64.9 cm³/mol. The number of carbonyl (C=O) groups is 2. The fourth-order valence-corrected chi connectivity index (χ4v) is 2.28. The summed E-state index contributed by atoms with van der Waals surface area (Å²) in [5.41, 5.74) is 2.22. The van der Waals surface area contributed by atoms with Gasteiger partial charge in [0.25, 0.3) is 5.91 Å². The van der Waals surface area contributed by atoms with Gasteiger partial charge in [-0.05, 0) is 32.6 Å². The third kappa shape index (κ3) is 3.62. The predicted octanol–water partition coefficient (Wildman–Crippen LogP) is 1.51. The van der Waals surface area contributed by atoms with Gasteiger partial charge in [-0.25, -0.2) is 0 Å². The van der Waals surface area contributed by atoms with E-state index < -0.39 is 29.6 Å². The van der Waals surface area contributed by atoms with Crippen LogP contribution in [0, 0.1) is 0 Å². The summed E-state index contributed by atoms with van der Waals surface area (Å²) in [6.07, 6.45) is -2.99. The largest absolute Gasteiger partial charge is 0.481 e. The number of carboxylic acids is 1. The first kappa shape index (κ1) is 16.7. The lowest BCUT2D eigenvalue weighted by atomic mass is 9.93. The van der Waals surface area contributed by atoms with Crippen LogP contribution in [0.2, 0.25) is 0 Å². The lowest BCUT2D eigenvalue weighted by Crippen LogP contribution is -2.64. The lowest BCUT2D eigenvalue weighted by molar-refractivity contribution is -0.195. The maximum Gasteiger partial charge on any atom is 0.415 e. The number of hydrogen-bond donors (Lipinski definition) is 2. The second kappa shape index (κ2) is 5.99. The number of piperidine rings is 1. The molecule has 0 aromatic carbocycles. The highest BCUT2D eigenvalue weighted by atomic mass is 19.4. The Bertz CT molecular complexity index is 383. The number of alkyl halides is 3. The first-order chi connectivity index (χ1) is 9.07. The van der Waals surface area contributed by atoms with Gasteiger partial charge < -0.3 is 15.7 Å². The molecular weight excluding hydrogens is 277 g/mol. The summed E-state index contributed by atoms with van der Waals surface area (Å²) in [6, 6.07) is -0.488. The fourth-order valence-electron chi connectivity index (χ4n) is 2.28. The van der Waals surface area contributed by atoms with Crippen LogP contribution in [0.5, 0.6) is 0 Å². The van der Waals surface area contributed by atoms with Gasteiger partial charge in [0.1, 0.15) is 0 Å². The number of carbonyl (C=O) groups excluding carboxylic acids is 1. The van der Waals surface area contributed by atoms with Crippen LogP contribution in [0.4, 0.5) is 13.2 Å². The second-order valence-electron chi connectivity index (χ2n) is 5.28. The number of halogens is 3.